The number of rotatable bonds is 7. The van der Waals surface area contributed by atoms with Gasteiger partial charge in [-0.3, -0.25) is 4.79 Å². The van der Waals surface area contributed by atoms with E-state index in [1.807, 2.05) is 24.3 Å². The first-order valence-corrected chi connectivity index (χ1v) is 11.5. The van der Waals surface area contributed by atoms with Gasteiger partial charge in [0, 0.05) is 16.3 Å². The van der Waals surface area contributed by atoms with Gasteiger partial charge in [-0.2, -0.15) is 0 Å². The van der Waals surface area contributed by atoms with Crippen LogP contribution in [0.25, 0.3) is 22.6 Å². The summed E-state index contributed by atoms with van der Waals surface area (Å²) in [6.45, 7) is 6.01. The Hall–Kier alpha value is -3.02. The summed E-state index contributed by atoms with van der Waals surface area (Å²) in [5.74, 6) is 1.04. The van der Waals surface area contributed by atoms with Gasteiger partial charge in [0.05, 0.1) is 5.02 Å². The maximum atomic E-state index is 12.7. The average Bonchev–Trinajstić information content (AvgIpc) is 3.24. The average molecular weight is 483 g/mol. The van der Waals surface area contributed by atoms with Gasteiger partial charge in [-0.05, 0) is 73.4 Å². The smallest absolute Gasteiger partial charge is 0.265 e. The third-order valence-corrected chi connectivity index (χ3v) is 6.07. The number of ether oxygens (including phenoxy) is 1. The van der Waals surface area contributed by atoms with Crippen LogP contribution in [0.15, 0.2) is 65.1 Å². The van der Waals surface area contributed by atoms with Crippen molar-refractivity contribution >= 4 is 45.9 Å². The van der Waals surface area contributed by atoms with Crippen LogP contribution >= 0.6 is 23.2 Å². The van der Waals surface area contributed by atoms with Gasteiger partial charge in [-0.25, -0.2) is 4.98 Å². The van der Waals surface area contributed by atoms with Crippen LogP contribution in [0.4, 0.5) is 5.69 Å². The quantitative estimate of drug-likeness (QED) is 0.292. The van der Waals surface area contributed by atoms with Crippen molar-refractivity contribution < 1.29 is 13.9 Å². The fourth-order valence-electron chi connectivity index (χ4n) is 3.40. The van der Waals surface area contributed by atoms with Crippen molar-refractivity contribution in [3.63, 3.8) is 0 Å². The molecule has 0 aliphatic heterocycles. The predicted octanol–water partition coefficient (Wildman–Crippen LogP) is 7.72. The van der Waals surface area contributed by atoms with E-state index in [4.69, 9.17) is 32.4 Å². The molecule has 3 aromatic carbocycles. The molecule has 0 aliphatic rings. The van der Waals surface area contributed by atoms with Crippen LogP contribution in [0.1, 0.15) is 38.7 Å². The standard InChI is InChI=1S/C26H24Cl2N2O3/c1-4-15(2)17-8-10-24-22(13-17)30-26(33-24)18-6-5-7-20(12-18)29-25(31)16(3)32-23-11-9-19(27)14-21(23)28/h5-16H,4H2,1-3H3,(H,29,31). The van der Waals surface area contributed by atoms with Crippen LogP contribution in [-0.4, -0.2) is 17.0 Å². The van der Waals surface area contributed by atoms with Crippen LogP contribution in [-0.2, 0) is 4.79 Å². The lowest BCUT2D eigenvalue weighted by atomic mass is 9.98. The highest BCUT2D eigenvalue weighted by Crippen LogP contribution is 2.30. The molecule has 4 rings (SSSR count). The second-order valence-electron chi connectivity index (χ2n) is 7.96. The molecule has 1 heterocycles. The van der Waals surface area contributed by atoms with Crippen LogP contribution in [0.5, 0.6) is 5.75 Å². The van der Waals surface area contributed by atoms with Crippen molar-refractivity contribution in [2.45, 2.75) is 39.2 Å². The fraction of sp³-hybridized carbons (Fsp3) is 0.231. The van der Waals surface area contributed by atoms with Crippen molar-refractivity contribution in [2.75, 3.05) is 5.32 Å². The van der Waals surface area contributed by atoms with Gasteiger partial charge < -0.3 is 14.5 Å². The zero-order valence-corrected chi connectivity index (χ0v) is 20.1. The Morgan fingerprint density at radius 2 is 1.91 bits per heavy atom. The second kappa shape index (κ2) is 9.86. The van der Waals surface area contributed by atoms with E-state index in [1.54, 1.807) is 31.2 Å². The molecule has 0 saturated carbocycles. The number of anilines is 1. The Morgan fingerprint density at radius 1 is 1.09 bits per heavy atom. The molecule has 1 N–H and O–H groups in total. The van der Waals surface area contributed by atoms with E-state index < -0.39 is 6.10 Å². The molecule has 170 valence electrons. The third kappa shape index (κ3) is 5.32. The summed E-state index contributed by atoms with van der Waals surface area (Å²) in [5.41, 5.74) is 4.16. The Bertz CT molecular complexity index is 1300. The lowest BCUT2D eigenvalue weighted by molar-refractivity contribution is -0.122. The minimum atomic E-state index is -0.768. The van der Waals surface area contributed by atoms with E-state index >= 15 is 0 Å². The van der Waals surface area contributed by atoms with E-state index in [0.29, 0.717) is 33.3 Å². The summed E-state index contributed by atoms with van der Waals surface area (Å²) in [6, 6.07) is 18.3. The molecule has 0 bridgehead atoms. The van der Waals surface area contributed by atoms with E-state index in [2.05, 4.69) is 36.3 Å². The van der Waals surface area contributed by atoms with Crippen molar-refractivity contribution in [2.24, 2.45) is 0 Å². The van der Waals surface area contributed by atoms with Gasteiger partial charge in [0.25, 0.3) is 5.91 Å². The fourth-order valence-corrected chi connectivity index (χ4v) is 3.85. The van der Waals surface area contributed by atoms with E-state index in [0.717, 1.165) is 23.1 Å². The van der Waals surface area contributed by atoms with Gasteiger partial charge in [-0.1, -0.05) is 49.2 Å². The molecule has 1 amide bonds. The highest BCUT2D eigenvalue weighted by molar-refractivity contribution is 6.35. The van der Waals surface area contributed by atoms with Crippen molar-refractivity contribution in [3.8, 4) is 17.2 Å². The summed E-state index contributed by atoms with van der Waals surface area (Å²) < 4.78 is 11.7. The maximum Gasteiger partial charge on any atom is 0.265 e. The highest BCUT2D eigenvalue weighted by atomic mass is 35.5. The lowest BCUT2D eigenvalue weighted by Gasteiger charge is -2.16. The van der Waals surface area contributed by atoms with E-state index in [1.165, 1.54) is 5.56 Å². The molecule has 33 heavy (non-hydrogen) atoms. The SMILES string of the molecule is CCC(C)c1ccc2oc(-c3cccc(NC(=O)C(C)Oc4ccc(Cl)cc4Cl)c3)nc2c1. The third-order valence-electron chi connectivity index (χ3n) is 5.54. The number of carbonyl (C=O) groups excluding carboxylic acids is 1. The zero-order valence-electron chi connectivity index (χ0n) is 18.6. The molecule has 0 spiro atoms. The first-order chi connectivity index (χ1) is 15.8. The predicted molar refractivity (Wildman–Crippen MR) is 133 cm³/mol. The molecule has 2 atom stereocenters. The van der Waals surface area contributed by atoms with E-state index in [9.17, 15) is 4.79 Å². The molecule has 0 saturated heterocycles. The highest BCUT2D eigenvalue weighted by Gasteiger charge is 2.17. The topological polar surface area (TPSA) is 64.4 Å². The molecule has 5 nitrogen and oxygen atoms in total. The van der Waals surface area contributed by atoms with Gasteiger partial charge in [0.15, 0.2) is 11.7 Å². The summed E-state index contributed by atoms with van der Waals surface area (Å²) >= 11 is 12.0. The number of benzene rings is 3. The first kappa shape index (κ1) is 23.1. The summed E-state index contributed by atoms with van der Waals surface area (Å²) in [7, 11) is 0. The normalized spacial score (nSPS) is 13.0. The first-order valence-electron chi connectivity index (χ1n) is 10.8. The monoisotopic (exact) mass is 482 g/mol. The number of carbonyl (C=O) groups is 1. The summed E-state index contributed by atoms with van der Waals surface area (Å²) in [4.78, 5) is 17.3. The Kier molecular flexibility index (Phi) is 6.91. The number of hydrogen-bond donors (Lipinski definition) is 1. The number of fused-ring (bicyclic) bond motifs is 1. The molecule has 0 fully saturated rings. The molecule has 2 unspecified atom stereocenters. The Labute approximate surface area is 202 Å². The lowest BCUT2D eigenvalue weighted by Crippen LogP contribution is -2.30. The van der Waals surface area contributed by atoms with E-state index in [-0.39, 0.29) is 5.91 Å². The van der Waals surface area contributed by atoms with Crippen molar-refractivity contribution in [3.05, 3.63) is 76.3 Å². The molecule has 0 radical (unpaired) electrons. The number of hydrogen-bond acceptors (Lipinski definition) is 4. The number of nitrogens with zero attached hydrogens (tertiary/aromatic N) is 1. The van der Waals surface area contributed by atoms with Crippen LogP contribution in [0.3, 0.4) is 0 Å². The minimum absolute atomic E-state index is 0.311. The van der Waals surface area contributed by atoms with Gasteiger partial charge in [-0.15, -0.1) is 0 Å². The minimum Gasteiger partial charge on any atom is -0.479 e. The zero-order chi connectivity index (χ0) is 23.5. The number of amides is 1. The van der Waals surface area contributed by atoms with Gasteiger partial charge in [0.1, 0.15) is 11.3 Å². The number of oxazole rings is 1. The van der Waals surface area contributed by atoms with Crippen molar-refractivity contribution in [1.82, 2.24) is 4.98 Å². The Balaban J connectivity index is 1.50. The van der Waals surface area contributed by atoms with Crippen molar-refractivity contribution in [1.29, 1.82) is 0 Å². The molecular formula is C26H24Cl2N2O3. The summed E-state index contributed by atoms with van der Waals surface area (Å²) in [5, 5.41) is 3.71. The molecule has 0 aliphatic carbocycles. The molecule has 4 aromatic rings. The maximum absolute atomic E-state index is 12.7. The largest absolute Gasteiger partial charge is 0.479 e. The Morgan fingerprint density at radius 3 is 2.67 bits per heavy atom. The molecule has 7 heteroatoms. The number of nitrogens with one attached hydrogen (secondary N) is 1. The van der Waals surface area contributed by atoms with Crippen LogP contribution < -0.4 is 10.1 Å². The van der Waals surface area contributed by atoms with Gasteiger partial charge >= 0.3 is 0 Å². The molecule has 1 aromatic heterocycles. The molecular weight excluding hydrogens is 459 g/mol. The second-order valence-corrected chi connectivity index (χ2v) is 8.80. The number of halogens is 2. The van der Waals surface area contributed by atoms with Gasteiger partial charge in [0.2, 0.25) is 5.89 Å². The van der Waals surface area contributed by atoms with Crippen LogP contribution in [0.2, 0.25) is 10.0 Å². The van der Waals surface area contributed by atoms with Crippen LogP contribution in [0, 0.1) is 0 Å². The summed E-state index contributed by atoms with van der Waals surface area (Å²) in [6.07, 6.45) is 0.292. The number of aromatic nitrogens is 1.